The van der Waals surface area contributed by atoms with Gasteiger partial charge in [-0.15, -0.1) is 0 Å². The fourth-order valence-electron chi connectivity index (χ4n) is 1.24. The van der Waals surface area contributed by atoms with E-state index in [1.807, 2.05) is 30.3 Å². The smallest absolute Gasteiger partial charge is 0.323 e. The lowest BCUT2D eigenvalue weighted by atomic mass is 10.1. The van der Waals surface area contributed by atoms with Crippen LogP contribution in [0.2, 0.25) is 0 Å². The first-order chi connectivity index (χ1) is 7.27. The molecule has 80 valence electrons. The van der Waals surface area contributed by atoms with Crippen LogP contribution >= 0.6 is 7.51 Å². The highest BCUT2D eigenvalue weighted by Crippen LogP contribution is 2.06. The van der Waals surface area contributed by atoms with Gasteiger partial charge in [0.1, 0.15) is 6.04 Å². The summed E-state index contributed by atoms with van der Waals surface area (Å²) in [6.07, 6.45) is 0.594. The minimum absolute atomic E-state index is 0.281. The summed E-state index contributed by atoms with van der Waals surface area (Å²) in [7, 11) is 1.94. The Labute approximate surface area is 95.7 Å². The summed E-state index contributed by atoms with van der Waals surface area (Å²) in [4.78, 5) is 11.4. The van der Waals surface area contributed by atoms with Crippen LogP contribution in [0.25, 0.3) is 0 Å². The van der Waals surface area contributed by atoms with Gasteiger partial charge in [-0.25, -0.2) is 5.09 Å². The van der Waals surface area contributed by atoms with Crippen LogP contribution in [-0.2, 0) is 27.8 Å². The second-order valence-electron chi connectivity index (χ2n) is 2.99. The lowest BCUT2D eigenvalue weighted by Gasteiger charge is -2.12. The SMILES string of the molecule is COC(=O)[C@H](Cc1ccccc1)NP=S. The number of methoxy groups -OCH3 is 1. The van der Waals surface area contributed by atoms with E-state index < -0.39 is 0 Å². The van der Waals surface area contributed by atoms with E-state index in [2.05, 4.69) is 9.82 Å². The largest absolute Gasteiger partial charge is 0.468 e. The number of hydrogen-bond acceptors (Lipinski definition) is 3. The highest BCUT2D eigenvalue weighted by Gasteiger charge is 2.17. The maximum Gasteiger partial charge on any atom is 0.323 e. The first-order valence-electron chi connectivity index (χ1n) is 4.47. The maximum absolute atomic E-state index is 11.4. The molecule has 0 saturated heterocycles. The van der Waals surface area contributed by atoms with Gasteiger partial charge in [-0.05, 0) is 23.8 Å². The van der Waals surface area contributed by atoms with Crippen LogP contribution < -0.4 is 5.09 Å². The molecule has 1 rings (SSSR count). The number of carbonyl (C=O) groups is 1. The summed E-state index contributed by atoms with van der Waals surface area (Å²) in [5.41, 5.74) is 1.08. The maximum atomic E-state index is 11.4. The van der Waals surface area contributed by atoms with Crippen molar-refractivity contribution in [2.45, 2.75) is 12.5 Å². The third kappa shape index (κ3) is 4.04. The Morgan fingerprint density at radius 2 is 2.20 bits per heavy atom. The van der Waals surface area contributed by atoms with Gasteiger partial charge in [0, 0.05) is 0 Å². The molecule has 0 heterocycles. The monoisotopic (exact) mass is 241 g/mol. The van der Waals surface area contributed by atoms with Crippen molar-refractivity contribution < 1.29 is 9.53 Å². The summed E-state index contributed by atoms with van der Waals surface area (Å²) in [5.74, 6) is -0.281. The average molecular weight is 241 g/mol. The zero-order chi connectivity index (χ0) is 11.1. The lowest BCUT2D eigenvalue weighted by Crippen LogP contribution is -2.34. The molecule has 1 N–H and O–H groups in total. The van der Waals surface area contributed by atoms with E-state index in [0.29, 0.717) is 13.9 Å². The minimum Gasteiger partial charge on any atom is -0.468 e. The first kappa shape index (κ1) is 12.2. The molecule has 5 heteroatoms. The molecule has 0 spiro atoms. The summed E-state index contributed by atoms with van der Waals surface area (Å²) in [6, 6.07) is 9.39. The van der Waals surface area contributed by atoms with E-state index in [1.54, 1.807) is 0 Å². The second kappa shape index (κ2) is 6.62. The van der Waals surface area contributed by atoms with Gasteiger partial charge in [-0.3, -0.25) is 4.79 Å². The number of benzene rings is 1. The van der Waals surface area contributed by atoms with Crippen LogP contribution in [0.1, 0.15) is 5.56 Å². The zero-order valence-electron chi connectivity index (χ0n) is 8.34. The highest BCUT2D eigenvalue weighted by molar-refractivity contribution is 7.95. The van der Waals surface area contributed by atoms with Crippen LogP contribution in [0.5, 0.6) is 0 Å². The molecule has 0 aliphatic heterocycles. The Bertz CT molecular complexity index is 331. The van der Waals surface area contributed by atoms with Gasteiger partial charge < -0.3 is 4.74 Å². The fourth-order valence-corrected chi connectivity index (χ4v) is 1.94. The van der Waals surface area contributed by atoms with Gasteiger partial charge in [-0.1, -0.05) is 30.3 Å². The van der Waals surface area contributed by atoms with E-state index in [-0.39, 0.29) is 12.0 Å². The fraction of sp³-hybridized carbons (Fsp3) is 0.300. The van der Waals surface area contributed by atoms with E-state index in [1.165, 1.54) is 7.11 Å². The lowest BCUT2D eigenvalue weighted by molar-refractivity contribution is -0.142. The van der Waals surface area contributed by atoms with E-state index in [9.17, 15) is 4.79 Å². The van der Waals surface area contributed by atoms with Crippen LogP contribution in [0, 0.1) is 0 Å². The van der Waals surface area contributed by atoms with Crippen molar-refractivity contribution in [3.63, 3.8) is 0 Å². The summed E-state index contributed by atoms with van der Waals surface area (Å²) in [5, 5.41) is 2.89. The van der Waals surface area contributed by atoms with Crippen molar-refractivity contribution in [3.8, 4) is 0 Å². The van der Waals surface area contributed by atoms with Crippen molar-refractivity contribution in [1.82, 2.24) is 5.09 Å². The molecule has 0 radical (unpaired) electrons. The van der Waals surface area contributed by atoms with Crippen molar-refractivity contribution in [2.24, 2.45) is 0 Å². The molecule has 0 amide bonds. The molecule has 15 heavy (non-hydrogen) atoms. The first-order valence-corrected chi connectivity index (χ1v) is 6.38. The van der Waals surface area contributed by atoms with Gasteiger partial charge in [0.05, 0.1) is 14.6 Å². The van der Waals surface area contributed by atoms with Crippen LogP contribution in [-0.4, -0.2) is 19.1 Å². The van der Waals surface area contributed by atoms with E-state index in [4.69, 9.17) is 11.8 Å². The Balaban J connectivity index is 2.66. The Hall–Kier alpha value is -0.830. The molecule has 0 aliphatic rings. The van der Waals surface area contributed by atoms with Gasteiger partial charge in [0.25, 0.3) is 0 Å². The Morgan fingerprint density at radius 1 is 1.53 bits per heavy atom. The molecule has 1 atom stereocenters. The predicted molar refractivity (Wildman–Crippen MR) is 63.4 cm³/mol. The topological polar surface area (TPSA) is 38.3 Å². The standard InChI is InChI=1S/C10H12NO2PS/c1-13-10(12)9(11-14-15)7-8-5-3-2-4-6-8/h2-6,9H,7H2,1H3,(H,11,15)/t9-/m0/s1. The van der Waals surface area contributed by atoms with Crippen molar-refractivity contribution in [1.29, 1.82) is 0 Å². The molecular formula is C10H12NO2PS. The summed E-state index contributed by atoms with van der Waals surface area (Å²) < 4.78 is 4.68. The second-order valence-corrected chi connectivity index (χ2v) is 3.97. The predicted octanol–water partition coefficient (Wildman–Crippen LogP) is 1.68. The van der Waals surface area contributed by atoms with Crippen molar-refractivity contribution in [3.05, 3.63) is 35.9 Å². The van der Waals surface area contributed by atoms with E-state index in [0.717, 1.165) is 5.56 Å². The summed E-state index contributed by atoms with van der Waals surface area (Å²) in [6.45, 7) is 0. The molecule has 3 nitrogen and oxygen atoms in total. The average Bonchev–Trinajstić information content (AvgIpc) is 2.29. The molecule has 0 aromatic heterocycles. The van der Waals surface area contributed by atoms with Crippen molar-refractivity contribution >= 4 is 25.3 Å². The van der Waals surface area contributed by atoms with Crippen molar-refractivity contribution in [2.75, 3.05) is 7.11 Å². The number of nitrogens with one attached hydrogen (secondary N) is 1. The minimum atomic E-state index is -0.364. The Morgan fingerprint density at radius 3 is 2.73 bits per heavy atom. The quantitative estimate of drug-likeness (QED) is 0.629. The molecule has 1 aromatic carbocycles. The van der Waals surface area contributed by atoms with Gasteiger partial charge in [0.2, 0.25) is 0 Å². The van der Waals surface area contributed by atoms with Crippen LogP contribution in [0.4, 0.5) is 0 Å². The third-order valence-corrected chi connectivity index (χ3v) is 2.71. The molecule has 0 fully saturated rings. The van der Waals surface area contributed by atoms with E-state index >= 15 is 0 Å². The molecule has 0 aliphatic carbocycles. The van der Waals surface area contributed by atoms with Crippen LogP contribution in [0.3, 0.4) is 0 Å². The molecule has 0 saturated carbocycles. The Kier molecular flexibility index (Phi) is 5.40. The number of esters is 1. The number of hydrogen-bond donors (Lipinski definition) is 1. The molecular weight excluding hydrogens is 229 g/mol. The number of carbonyl (C=O) groups excluding carboxylic acids is 1. The highest BCUT2D eigenvalue weighted by atomic mass is 32.4. The van der Waals surface area contributed by atoms with Gasteiger partial charge >= 0.3 is 5.97 Å². The number of rotatable bonds is 5. The summed E-state index contributed by atoms with van der Waals surface area (Å²) >= 11 is 4.76. The molecule has 0 bridgehead atoms. The molecule has 1 aromatic rings. The molecule has 0 unspecified atom stereocenters. The zero-order valence-corrected chi connectivity index (χ0v) is 10.1. The van der Waals surface area contributed by atoms with Crippen LogP contribution in [0.15, 0.2) is 30.3 Å². The van der Waals surface area contributed by atoms with Gasteiger partial charge in [-0.2, -0.15) is 0 Å². The normalized spacial score (nSPS) is 12.3. The number of ether oxygens (including phenoxy) is 1. The van der Waals surface area contributed by atoms with Gasteiger partial charge in [0.15, 0.2) is 0 Å². The third-order valence-electron chi connectivity index (χ3n) is 1.98.